The minimum atomic E-state index is -0.356. The Morgan fingerprint density at radius 3 is 2.53 bits per heavy atom. The van der Waals surface area contributed by atoms with Gasteiger partial charge in [0.2, 0.25) is 0 Å². The van der Waals surface area contributed by atoms with Crippen LogP contribution < -0.4 is 9.47 Å². The smallest absolute Gasteiger partial charge is 0.150 e. The second kappa shape index (κ2) is 10.3. The summed E-state index contributed by atoms with van der Waals surface area (Å²) >= 11 is 0. The van der Waals surface area contributed by atoms with E-state index in [1.165, 1.54) is 19.3 Å². The Morgan fingerprint density at radius 1 is 1.00 bits per heavy atom. The van der Waals surface area contributed by atoms with E-state index in [0.29, 0.717) is 18.7 Å². The van der Waals surface area contributed by atoms with Crippen molar-refractivity contribution in [2.24, 2.45) is 0 Å². The summed E-state index contributed by atoms with van der Waals surface area (Å²) in [5.74, 6) is 1.97. The summed E-state index contributed by atoms with van der Waals surface area (Å²) in [6.07, 6.45) is 3.49. The lowest BCUT2D eigenvalue weighted by Crippen LogP contribution is -2.45. The predicted molar refractivity (Wildman–Crippen MR) is 143 cm³/mol. The molecule has 36 heavy (non-hydrogen) atoms. The number of rotatable bonds is 6. The summed E-state index contributed by atoms with van der Waals surface area (Å²) in [5, 5.41) is 20.2. The van der Waals surface area contributed by atoms with Crippen LogP contribution >= 0.6 is 0 Å². The molecular weight excluding hydrogens is 450 g/mol. The molecule has 0 bridgehead atoms. The lowest BCUT2D eigenvalue weighted by molar-refractivity contribution is 0.0816. The van der Waals surface area contributed by atoms with Gasteiger partial charge in [0, 0.05) is 23.2 Å². The molecule has 1 fully saturated rings. The Labute approximate surface area is 213 Å². The van der Waals surface area contributed by atoms with E-state index < -0.39 is 0 Å². The molecule has 3 aromatic rings. The lowest BCUT2D eigenvalue weighted by atomic mass is 9.86. The third-order valence-electron chi connectivity index (χ3n) is 7.53. The molecule has 3 aromatic carbocycles. The maximum absolute atomic E-state index is 10.2. The molecule has 3 atom stereocenters. The van der Waals surface area contributed by atoms with Crippen LogP contribution in [-0.2, 0) is 0 Å². The summed E-state index contributed by atoms with van der Waals surface area (Å²) in [7, 11) is 0. The second-order valence-corrected chi connectivity index (χ2v) is 10.1. The zero-order chi connectivity index (χ0) is 25.2. The number of nitrogens with zero attached hydrogens (tertiary/aromatic N) is 1. The molecule has 0 radical (unpaired) electrons. The molecule has 1 unspecified atom stereocenters. The third kappa shape index (κ3) is 4.93. The number of allylic oxidation sites excluding steroid dienone is 1. The molecule has 188 valence electrons. The van der Waals surface area contributed by atoms with Crippen LogP contribution in [0, 0.1) is 0 Å². The molecule has 5 nitrogen and oxygen atoms in total. The zero-order valence-corrected chi connectivity index (χ0v) is 21.3. The molecule has 0 saturated carbocycles. The summed E-state index contributed by atoms with van der Waals surface area (Å²) in [6.45, 7) is 8.40. The summed E-state index contributed by atoms with van der Waals surface area (Å²) < 4.78 is 12.7. The number of phenols is 2. The molecule has 0 aliphatic carbocycles. The number of hydrogen-bond donors (Lipinski definition) is 2. The fourth-order valence-corrected chi connectivity index (χ4v) is 5.54. The first-order chi connectivity index (χ1) is 17.4. The number of fused-ring (bicyclic) bond motifs is 1. The van der Waals surface area contributed by atoms with Gasteiger partial charge >= 0.3 is 0 Å². The summed E-state index contributed by atoms with van der Waals surface area (Å²) in [4.78, 5) is 2.55. The molecule has 1 saturated heterocycles. The predicted octanol–water partition coefficient (Wildman–Crippen LogP) is 6.80. The van der Waals surface area contributed by atoms with Crippen molar-refractivity contribution in [1.82, 2.24) is 4.90 Å². The van der Waals surface area contributed by atoms with E-state index in [-0.39, 0.29) is 17.6 Å². The van der Waals surface area contributed by atoms with E-state index in [2.05, 4.69) is 30.9 Å². The molecule has 2 N–H and O–H groups in total. The SMILES string of the molecule is CC1=C(c2cccc(O)c2)C(c2ccc(OC[C@H](C)N3CCCC[C@H]3C)cc2)Oc2ccc(O)cc21. The highest BCUT2D eigenvalue weighted by atomic mass is 16.5. The first kappa shape index (κ1) is 24.3. The highest BCUT2D eigenvalue weighted by molar-refractivity contribution is 5.95. The highest BCUT2D eigenvalue weighted by Gasteiger charge is 2.30. The second-order valence-electron chi connectivity index (χ2n) is 10.1. The molecule has 2 aliphatic rings. The van der Waals surface area contributed by atoms with Crippen LogP contribution in [0.15, 0.2) is 66.7 Å². The van der Waals surface area contributed by atoms with Crippen molar-refractivity contribution >= 4 is 11.1 Å². The van der Waals surface area contributed by atoms with Gasteiger partial charge in [0.15, 0.2) is 0 Å². The van der Waals surface area contributed by atoms with Crippen molar-refractivity contribution < 1.29 is 19.7 Å². The van der Waals surface area contributed by atoms with Gasteiger partial charge in [0.05, 0.1) is 0 Å². The maximum atomic E-state index is 10.2. The maximum Gasteiger partial charge on any atom is 0.150 e. The van der Waals surface area contributed by atoms with Crippen molar-refractivity contribution in [3.05, 3.63) is 83.4 Å². The highest BCUT2D eigenvalue weighted by Crippen LogP contribution is 2.47. The minimum Gasteiger partial charge on any atom is -0.508 e. The first-order valence-electron chi connectivity index (χ1n) is 12.9. The van der Waals surface area contributed by atoms with E-state index in [1.807, 2.05) is 31.2 Å². The Kier molecular flexibility index (Phi) is 6.92. The number of aromatic hydroxyl groups is 2. The van der Waals surface area contributed by atoms with Crippen LogP contribution in [0.1, 0.15) is 62.8 Å². The van der Waals surface area contributed by atoms with Crippen LogP contribution in [0.3, 0.4) is 0 Å². The number of likely N-dealkylation sites (tertiary alicyclic amines) is 1. The van der Waals surface area contributed by atoms with Gasteiger partial charge in [-0.15, -0.1) is 0 Å². The van der Waals surface area contributed by atoms with Crippen LogP contribution in [0.2, 0.25) is 0 Å². The van der Waals surface area contributed by atoms with Crippen LogP contribution in [-0.4, -0.2) is 40.3 Å². The fourth-order valence-electron chi connectivity index (χ4n) is 5.54. The van der Waals surface area contributed by atoms with Gasteiger partial charge in [-0.2, -0.15) is 0 Å². The Hall–Kier alpha value is -3.44. The topological polar surface area (TPSA) is 62.2 Å². The Balaban J connectivity index is 1.40. The number of ether oxygens (including phenoxy) is 2. The van der Waals surface area contributed by atoms with E-state index in [1.54, 1.807) is 30.3 Å². The average molecular weight is 486 g/mol. The normalized spacial score (nSPS) is 21.0. The molecule has 2 aliphatic heterocycles. The van der Waals surface area contributed by atoms with E-state index in [0.717, 1.165) is 45.9 Å². The largest absolute Gasteiger partial charge is 0.508 e. The standard InChI is InChI=1S/C31H35NO4/c1-20-7-4-5-16-32(20)21(2)19-35-27-13-10-23(11-14-27)31-30(24-8-6-9-25(33)17-24)22(3)28-18-26(34)12-15-29(28)36-31/h6,8-15,17-18,20-21,31,33-34H,4-5,7,16,19H2,1-3H3/t20-,21+,31?/m1/s1. The summed E-state index contributed by atoms with van der Waals surface area (Å²) in [5.41, 5.74) is 4.70. The first-order valence-corrected chi connectivity index (χ1v) is 12.9. The van der Waals surface area contributed by atoms with E-state index in [9.17, 15) is 10.2 Å². The quantitative estimate of drug-likeness (QED) is 0.402. The molecular formula is C31H35NO4. The van der Waals surface area contributed by atoms with Crippen LogP contribution in [0.5, 0.6) is 23.0 Å². The van der Waals surface area contributed by atoms with Gasteiger partial charge in [0.25, 0.3) is 0 Å². The number of phenolic OH excluding ortho intramolecular Hbond substituents is 2. The molecule has 0 aromatic heterocycles. The fraction of sp³-hybridized carbons (Fsp3) is 0.355. The van der Waals surface area contributed by atoms with Crippen LogP contribution in [0.4, 0.5) is 0 Å². The zero-order valence-electron chi connectivity index (χ0n) is 21.3. The Bertz CT molecular complexity index is 1250. The average Bonchev–Trinajstić information content (AvgIpc) is 2.88. The van der Waals surface area contributed by atoms with Crippen molar-refractivity contribution in [1.29, 1.82) is 0 Å². The molecule has 0 spiro atoms. The van der Waals surface area contributed by atoms with Gasteiger partial charge < -0.3 is 19.7 Å². The molecule has 5 heteroatoms. The minimum absolute atomic E-state index is 0.195. The van der Waals surface area contributed by atoms with Gasteiger partial charge in [0.1, 0.15) is 35.7 Å². The van der Waals surface area contributed by atoms with Crippen LogP contribution in [0.25, 0.3) is 11.1 Å². The van der Waals surface area contributed by atoms with Crippen molar-refractivity contribution in [2.75, 3.05) is 13.2 Å². The molecule has 2 heterocycles. The lowest BCUT2D eigenvalue weighted by Gasteiger charge is -2.37. The van der Waals surface area contributed by atoms with Gasteiger partial charge in [-0.3, -0.25) is 4.90 Å². The number of hydrogen-bond acceptors (Lipinski definition) is 5. The Morgan fingerprint density at radius 2 is 1.78 bits per heavy atom. The van der Waals surface area contributed by atoms with Gasteiger partial charge in [-0.05, 0) is 99.3 Å². The van der Waals surface area contributed by atoms with Gasteiger partial charge in [-0.25, -0.2) is 0 Å². The van der Waals surface area contributed by atoms with E-state index in [4.69, 9.17) is 9.47 Å². The number of piperidine rings is 1. The third-order valence-corrected chi connectivity index (χ3v) is 7.53. The van der Waals surface area contributed by atoms with Crippen molar-refractivity contribution in [3.8, 4) is 23.0 Å². The number of benzene rings is 3. The summed E-state index contributed by atoms with van der Waals surface area (Å²) in [6, 6.07) is 21.5. The molecule has 0 amide bonds. The van der Waals surface area contributed by atoms with E-state index >= 15 is 0 Å². The molecule has 5 rings (SSSR count). The van der Waals surface area contributed by atoms with Crippen molar-refractivity contribution in [3.63, 3.8) is 0 Å². The monoisotopic (exact) mass is 485 g/mol. The van der Waals surface area contributed by atoms with Gasteiger partial charge in [-0.1, -0.05) is 30.7 Å². The van der Waals surface area contributed by atoms with Crippen molar-refractivity contribution in [2.45, 2.75) is 58.2 Å².